The number of nitrogens with zero attached hydrogens (tertiary/aromatic N) is 1. The average molecular weight is 571 g/mol. The van der Waals surface area contributed by atoms with E-state index in [4.69, 9.17) is 16.6 Å². The van der Waals surface area contributed by atoms with Crippen molar-refractivity contribution in [3.63, 3.8) is 0 Å². The first-order valence-electron chi connectivity index (χ1n) is 11.5. The summed E-state index contributed by atoms with van der Waals surface area (Å²) in [4.78, 5) is 32.4. The van der Waals surface area contributed by atoms with Crippen LogP contribution in [0.3, 0.4) is 0 Å². The smallest absolute Gasteiger partial charge is 0.275 e. The summed E-state index contributed by atoms with van der Waals surface area (Å²) in [6.45, 7) is 6.80. The molecule has 5 rings (SSSR count). The van der Waals surface area contributed by atoms with E-state index >= 15 is 0 Å². The van der Waals surface area contributed by atoms with Gasteiger partial charge in [-0.15, -0.1) is 11.3 Å². The van der Waals surface area contributed by atoms with E-state index in [-0.39, 0.29) is 17.2 Å². The van der Waals surface area contributed by atoms with E-state index in [1.807, 2.05) is 18.2 Å². The highest BCUT2D eigenvalue weighted by atomic mass is 79.9. The molecule has 1 aromatic heterocycles. The Kier molecular flexibility index (Phi) is 6.36. The number of hydrogen-bond acceptors (Lipinski definition) is 4. The molecular formula is C27H25BrClN3O2S. The lowest BCUT2D eigenvalue weighted by Gasteiger charge is -2.33. The first-order chi connectivity index (χ1) is 16.6. The predicted octanol–water partition coefficient (Wildman–Crippen LogP) is 7.64. The summed E-state index contributed by atoms with van der Waals surface area (Å²) in [7, 11) is 0. The van der Waals surface area contributed by atoms with Crippen molar-refractivity contribution in [2.45, 2.75) is 40.0 Å². The van der Waals surface area contributed by atoms with Gasteiger partial charge in [-0.3, -0.25) is 9.59 Å². The molecular weight excluding hydrogens is 546 g/mol. The topological polar surface area (TPSA) is 70.6 Å². The summed E-state index contributed by atoms with van der Waals surface area (Å²) in [6.07, 6.45) is 2.74. The molecule has 1 aliphatic carbocycles. The number of carbonyl (C=O) groups excluding carboxylic acids is 2. The molecule has 0 saturated heterocycles. The van der Waals surface area contributed by atoms with Crippen LogP contribution in [-0.4, -0.2) is 17.5 Å². The van der Waals surface area contributed by atoms with Crippen LogP contribution in [0, 0.1) is 11.3 Å². The number of hydrogen-bond donors (Lipinski definition) is 2. The Morgan fingerprint density at radius 2 is 1.94 bits per heavy atom. The molecule has 2 heterocycles. The van der Waals surface area contributed by atoms with E-state index in [1.165, 1.54) is 16.2 Å². The van der Waals surface area contributed by atoms with Gasteiger partial charge < -0.3 is 10.6 Å². The number of rotatable bonds is 3. The van der Waals surface area contributed by atoms with Crippen molar-refractivity contribution in [2.75, 3.05) is 10.6 Å². The van der Waals surface area contributed by atoms with Crippen LogP contribution < -0.4 is 10.6 Å². The zero-order valence-electron chi connectivity index (χ0n) is 19.7. The minimum absolute atomic E-state index is 0.177. The van der Waals surface area contributed by atoms with Crippen LogP contribution in [0.5, 0.6) is 0 Å². The Bertz CT molecular complexity index is 1370. The Hall–Kier alpha value is -2.48. The third-order valence-corrected chi connectivity index (χ3v) is 8.61. The lowest BCUT2D eigenvalue weighted by atomic mass is 9.72. The van der Waals surface area contributed by atoms with Crippen molar-refractivity contribution < 1.29 is 9.59 Å². The maximum atomic E-state index is 13.6. The summed E-state index contributed by atoms with van der Waals surface area (Å²) in [6, 6.07) is 12.6. The molecule has 0 bridgehead atoms. The standard InChI is InChI=1S/C27H25BrClN3O2S/c1-27(2,3)14-4-10-18-21(12-14)35-26(22(18)24(33)30-17-8-6-16(29)7-9-17)32-23-19-13-15(28)5-11-20(19)31-25(23)34/h5-9,11,13-14H,4,10,12H2,1-3H3,(H,30,33)(H,31,32,34)/t14-/m0/s1. The lowest BCUT2D eigenvalue weighted by Crippen LogP contribution is -2.27. The summed E-state index contributed by atoms with van der Waals surface area (Å²) in [5, 5.41) is 7.06. The van der Waals surface area contributed by atoms with Crippen molar-refractivity contribution in [3.8, 4) is 0 Å². The highest BCUT2D eigenvalue weighted by molar-refractivity contribution is 9.10. The van der Waals surface area contributed by atoms with Gasteiger partial charge in [-0.2, -0.15) is 0 Å². The molecule has 1 atom stereocenters. The zero-order valence-corrected chi connectivity index (χ0v) is 22.8. The SMILES string of the molecule is CC(C)(C)[C@H]1CCc2c(sc(N=C3C(=O)Nc4ccc(Br)cc43)c2C(=O)Nc2ccc(Cl)cc2)C1. The highest BCUT2D eigenvalue weighted by Crippen LogP contribution is 2.46. The van der Waals surface area contributed by atoms with Crippen molar-refractivity contribution in [3.05, 3.63) is 73.5 Å². The molecule has 0 fully saturated rings. The quantitative estimate of drug-likeness (QED) is 0.340. The molecule has 3 aromatic rings. The molecule has 0 saturated carbocycles. The minimum Gasteiger partial charge on any atom is -0.322 e. The maximum absolute atomic E-state index is 13.6. The molecule has 0 radical (unpaired) electrons. The third kappa shape index (κ3) is 4.82. The summed E-state index contributed by atoms with van der Waals surface area (Å²) < 4.78 is 0.861. The first-order valence-corrected chi connectivity index (χ1v) is 13.5. The molecule has 35 heavy (non-hydrogen) atoms. The number of thiophene rings is 1. The van der Waals surface area contributed by atoms with Crippen molar-refractivity contribution in [1.29, 1.82) is 0 Å². The molecule has 2 N–H and O–H groups in total. The molecule has 0 spiro atoms. The summed E-state index contributed by atoms with van der Waals surface area (Å²) in [5.41, 5.74) is 4.23. The van der Waals surface area contributed by atoms with Crippen LogP contribution >= 0.6 is 38.9 Å². The van der Waals surface area contributed by atoms with Crippen LogP contribution in [0.1, 0.15) is 53.6 Å². The third-order valence-electron chi connectivity index (χ3n) is 6.71. The Morgan fingerprint density at radius 3 is 2.66 bits per heavy atom. The first kappa shape index (κ1) is 24.2. The lowest BCUT2D eigenvalue weighted by molar-refractivity contribution is -0.110. The second-order valence-electron chi connectivity index (χ2n) is 10.1. The molecule has 5 nitrogen and oxygen atoms in total. The zero-order chi connectivity index (χ0) is 24.9. The van der Waals surface area contributed by atoms with E-state index in [9.17, 15) is 9.59 Å². The van der Waals surface area contributed by atoms with Crippen LogP contribution in [0.15, 0.2) is 51.9 Å². The van der Waals surface area contributed by atoms with Gasteiger partial charge in [0.25, 0.3) is 11.8 Å². The van der Waals surface area contributed by atoms with E-state index in [1.54, 1.807) is 24.3 Å². The Balaban J connectivity index is 1.59. The fourth-order valence-corrected chi connectivity index (χ4v) is 6.48. The normalized spacial score (nSPS) is 18.3. The number of anilines is 2. The number of halogens is 2. The summed E-state index contributed by atoms with van der Waals surface area (Å²) in [5.74, 6) is 0.0418. The molecule has 2 amide bonds. The van der Waals surface area contributed by atoms with Gasteiger partial charge in [-0.1, -0.05) is 48.3 Å². The number of fused-ring (bicyclic) bond motifs is 2. The van der Waals surface area contributed by atoms with Gasteiger partial charge in [-0.05, 0) is 78.6 Å². The number of nitrogens with one attached hydrogen (secondary N) is 2. The predicted molar refractivity (Wildman–Crippen MR) is 148 cm³/mol. The van der Waals surface area contributed by atoms with Crippen LogP contribution in [-0.2, 0) is 17.6 Å². The van der Waals surface area contributed by atoms with Gasteiger partial charge in [0.2, 0.25) is 0 Å². The van der Waals surface area contributed by atoms with Gasteiger partial charge >= 0.3 is 0 Å². The van der Waals surface area contributed by atoms with Gasteiger partial charge in [0.05, 0.1) is 11.3 Å². The van der Waals surface area contributed by atoms with E-state index in [0.717, 1.165) is 40.5 Å². The van der Waals surface area contributed by atoms with Crippen molar-refractivity contribution in [2.24, 2.45) is 16.3 Å². The fraction of sp³-hybridized carbons (Fsp3) is 0.296. The maximum Gasteiger partial charge on any atom is 0.275 e. The second kappa shape index (κ2) is 9.19. The Morgan fingerprint density at radius 1 is 1.20 bits per heavy atom. The molecule has 2 aromatic carbocycles. The van der Waals surface area contributed by atoms with E-state index in [2.05, 4.69) is 47.3 Å². The average Bonchev–Trinajstić information content (AvgIpc) is 3.31. The van der Waals surface area contributed by atoms with Gasteiger partial charge in [-0.25, -0.2) is 4.99 Å². The fourth-order valence-electron chi connectivity index (χ4n) is 4.69. The van der Waals surface area contributed by atoms with Crippen LogP contribution in [0.25, 0.3) is 0 Å². The van der Waals surface area contributed by atoms with Crippen LogP contribution in [0.4, 0.5) is 16.4 Å². The minimum atomic E-state index is -0.263. The monoisotopic (exact) mass is 569 g/mol. The molecule has 180 valence electrons. The number of benzene rings is 2. The highest BCUT2D eigenvalue weighted by Gasteiger charge is 2.35. The van der Waals surface area contributed by atoms with Crippen molar-refractivity contribution in [1.82, 2.24) is 0 Å². The van der Waals surface area contributed by atoms with E-state index < -0.39 is 0 Å². The second-order valence-corrected chi connectivity index (χ2v) is 12.5. The number of aliphatic imine (C=N–C) groups is 1. The molecule has 1 aliphatic heterocycles. The largest absolute Gasteiger partial charge is 0.322 e. The summed E-state index contributed by atoms with van der Waals surface area (Å²) >= 11 is 11.0. The molecule has 2 aliphatic rings. The van der Waals surface area contributed by atoms with E-state index in [0.29, 0.717) is 32.9 Å². The van der Waals surface area contributed by atoms with Gasteiger partial charge in [0.15, 0.2) is 0 Å². The molecule has 8 heteroatoms. The van der Waals surface area contributed by atoms with Gasteiger partial charge in [0, 0.05) is 25.6 Å². The van der Waals surface area contributed by atoms with Crippen LogP contribution in [0.2, 0.25) is 5.02 Å². The van der Waals surface area contributed by atoms with Gasteiger partial charge in [0.1, 0.15) is 10.7 Å². The number of amides is 2. The van der Waals surface area contributed by atoms with Crippen molar-refractivity contribution >= 4 is 72.8 Å². The molecule has 0 unspecified atom stereocenters. The Labute approximate surface area is 222 Å². The number of carbonyl (C=O) groups is 2.